The molecule has 3 rings (SSSR count). The van der Waals surface area contributed by atoms with Crippen molar-refractivity contribution in [1.29, 1.82) is 0 Å². The van der Waals surface area contributed by atoms with Gasteiger partial charge in [-0.05, 0) is 31.9 Å². The third-order valence-corrected chi connectivity index (χ3v) is 3.02. The second-order valence-corrected chi connectivity index (χ2v) is 4.36. The van der Waals surface area contributed by atoms with Crippen LogP contribution in [0.4, 0.5) is 0 Å². The summed E-state index contributed by atoms with van der Waals surface area (Å²) in [5, 5.41) is 20.7. The highest BCUT2D eigenvalue weighted by atomic mass is 15.6. The van der Waals surface area contributed by atoms with Crippen LogP contribution in [0.2, 0.25) is 0 Å². The van der Waals surface area contributed by atoms with Gasteiger partial charge in [-0.15, -0.1) is 20.4 Å². The Kier molecular flexibility index (Phi) is 2.38. The fraction of sp³-hybridized carbons (Fsp3) is 0.700. The Morgan fingerprint density at radius 1 is 1.24 bits per heavy atom. The van der Waals surface area contributed by atoms with Crippen molar-refractivity contribution in [2.45, 2.75) is 45.7 Å². The summed E-state index contributed by atoms with van der Waals surface area (Å²) in [6.45, 7) is 5.42. The van der Waals surface area contributed by atoms with E-state index in [9.17, 15) is 0 Å². The predicted octanol–water partition coefficient (Wildman–Crippen LogP) is 0.519. The molecule has 1 saturated carbocycles. The first-order valence-electron chi connectivity index (χ1n) is 5.94. The molecule has 0 N–H and O–H groups in total. The third-order valence-electron chi connectivity index (χ3n) is 3.02. The van der Waals surface area contributed by atoms with Crippen molar-refractivity contribution in [3.05, 3.63) is 17.5 Å². The first kappa shape index (κ1) is 10.4. The molecule has 0 bridgehead atoms. The Balaban J connectivity index is 1.80. The minimum atomic E-state index is 0.536. The fourth-order valence-electron chi connectivity index (χ4n) is 1.91. The van der Waals surface area contributed by atoms with Gasteiger partial charge in [0.2, 0.25) is 0 Å². The molecule has 90 valence electrons. The zero-order valence-corrected chi connectivity index (χ0v) is 10.0. The van der Waals surface area contributed by atoms with Crippen LogP contribution in [0.15, 0.2) is 0 Å². The van der Waals surface area contributed by atoms with Gasteiger partial charge in [-0.1, -0.05) is 0 Å². The molecule has 0 radical (unpaired) electrons. The van der Waals surface area contributed by atoms with Gasteiger partial charge in [-0.25, -0.2) is 0 Å². The average molecular weight is 233 g/mol. The van der Waals surface area contributed by atoms with Gasteiger partial charge < -0.3 is 4.57 Å². The van der Waals surface area contributed by atoms with Crippen molar-refractivity contribution < 1.29 is 0 Å². The smallest absolute Gasteiger partial charge is 0.177 e. The molecule has 2 aromatic rings. The van der Waals surface area contributed by atoms with E-state index in [1.165, 1.54) is 12.8 Å². The summed E-state index contributed by atoms with van der Waals surface area (Å²) in [6, 6.07) is 0. The third kappa shape index (κ3) is 1.92. The SMILES string of the molecule is CCn1c(C)nnc1Cn1nnc(C2CC2)n1. The lowest BCUT2D eigenvalue weighted by Crippen LogP contribution is -2.11. The van der Waals surface area contributed by atoms with E-state index in [2.05, 4.69) is 37.1 Å². The van der Waals surface area contributed by atoms with Crippen LogP contribution in [-0.2, 0) is 13.1 Å². The molecule has 0 aliphatic heterocycles. The summed E-state index contributed by atoms with van der Waals surface area (Å²) in [5.74, 6) is 3.20. The van der Waals surface area contributed by atoms with Crippen LogP contribution >= 0.6 is 0 Å². The molecule has 0 saturated heterocycles. The van der Waals surface area contributed by atoms with E-state index in [0.717, 1.165) is 24.0 Å². The van der Waals surface area contributed by atoms with E-state index in [4.69, 9.17) is 0 Å². The van der Waals surface area contributed by atoms with E-state index in [-0.39, 0.29) is 0 Å². The summed E-state index contributed by atoms with van der Waals surface area (Å²) < 4.78 is 2.06. The van der Waals surface area contributed by atoms with Crippen LogP contribution in [0.25, 0.3) is 0 Å². The highest BCUT2D eigenvalue weighted by Gasteiger charge is 2.28. The molecule has 2 aromatic heterocycles. The topological polar surface area (TPSA) is 74.3 Å². The summed E-state index contributed by atoms with van der Waals surface area (Å²) in [4.78, 5) is 1.60. The lowest BCUT2D eigenvalue weighted by Gasteiger charge is -2.03. The highest BCUT2D eigenvalue weighted by Crippen LogP contribution is 2.37. The largest absolute Gasteiger partial charge is 0.314 e. The maximum Gasteiger partial charge on any atom is 0.177 e. The number of hydrogen-bond donors (Lipinski definition) is 0. The van der Waals surface area contributed by atoms with Crippen LogP contribution in [0, 0.1) is 6.92 Å². The number of nitrogens with zero attached hydrogens (tertiary/aromatic N) is 7. The van der Waals surface area contributed by atoms with Crippen molar-refractivity contribution in [3.8, 4) is 0 Å². The van der Waals surface area contributed by atoms with E-state index >= 15 is 0 Å². The predicted molar refractivity (Wildman–Crippen MR) is 59.3 cm³/mol. The van der Waals surface area contributed by atoms with E-state index in [0.29, 0.717) is 12.5 Å². The lowest BCUT2D eigenvalue weighted by atomic mass is 10.4. The van der Waals surface area contributed by atoms with Gasteiger partial charge in [0.25, 0.3) is 0 Å². The Hall–Kier alpha value is -1.79. The molecule has 1 fully saturated rings. The quantitative estimate of drug-likeness (QED) is 0.769. The molecule has 0 amide bonds. The molecule has 17 heavy (non-hydrogen) atoms. The average Bonchev–Trinajstić information content (AvgIpc) is 2.98. The lowest BCUT2D eigenvalue weighted by molar-refractivity contribution is 0.528. The Labute approximate surface area is 98.8 Å². The summed E-state index contributed by atoms with van der Waals surface area (Å²) in [7, 11) is 0. The number of aryl methyl sites for hydroxylation is 1. The van der Waals surface area contributed by atoms with Crippen LogP contribution < -0.4 is 0 Å². The number of tetrazole rings is 1. The standard InChI is InChI=1S/C10H15N7/c1-3-16-7(2)11-12-9(16)6-17-14-10(13-15-17)8-4-5-8/h8H,3-6H2,1-2H3. The second-order valence-electron chi connectivity index (χ2n) is 4.36. The van der Waals surface area contributed by atoms with Gasteiger partial charge in [0.15, 0.2) is 11.6 Å². The van der Waals surface area contributed by atoms with Gasteiger partial charge in [0.05, 0.1) is 0 Å². The number of rotatable bonds is 4. The molecule has 7 nitrogen and oxygen atoms in total. The maximum absolute atomic E-state index is 4.37. The molecular weight excluding hydrogens is 218 g/mol. The molecule has 0 atom stereocenters. The van der Waals surface area contributed by atoms with E-state index < -0.39 is 0 Å². The summed E-state index contributed by atoms with van der Waals surface area (Å²) >= 11 is 0. The van der Waals surface area contributed by atoms with Crippen molar-refractivity contribution >= 4 is 0 Å². The zero-order chi connectivity index (χ0) is 11.8. The number of hydrogen-bond acceptors (Lipinski definition) is 5. The van der Waals surface area contributed by atoms with Crippen molar-refractivity contribution in [1.82, 2.24) is 35.0 Å². The Morgan fingerprint density at radius 2 is 2.06 bits per heavy atom. The minimum Gasteiger partial charge on any atom is -0.314 e. The monoisotopic (exact) mass is 233 g/mol. The fourth-order valence-corrected chi connectivity index (χ4v) is 1.91. The highest BCUT2D eigenvalue weighted by molar-refractivity contribution is 5.01. The molecule has 7 heteroatoms. The van der Waals surface area contributed by atoms with Gasteiger partial charge >= 0.3 is 0 Å². The summed E-state index contributed by atoms with van der Waals surface area (Å²) in [6.07, 6.45) is 2.38. The molecule has 0 unspecified atom stereocenters. The van der Waals surface area contributed by atoms with Crippen molar-refractivity contribution in [3.63, 3.8) is 0 Å². The van der Waals surface area contributed by atoms with Crippen molar-refractivity contribution in [2.24, 2.45) is 0 Å². The van der Waals surface area contributed by atoms with E-state index in [1.54, 1.807) is 4.80 Å². The van der Waals surface area contributed by atoms with Crippen LogP contribution in [0.1, 0.15) is 43.2 Å². The first-order chi connectivity index (χ1) is 8.28. The van der Waals surface area contributed by atoms with Crippen LogP contribution in [-0.4, -0.2) is 35.0 Å². The molecule has 0 aromatic carbocycles. The molecule has 0 spiro atoms. The van der Waals surface area contributed by atoms with Crippen molar-refractivity contribution in [2.75, 3.05) is 0 Å². The molecular formula is C10H15N7. The van der Waals surface area contributed by atoms with Gasteiger partial charge in [0, 0.05) is 12.5 Å². The molecule has 1 aliphatic rings. The van der Waals surface area contributed by atoms with Gasteiger partial charge in [-0.2, -0.15) is 4.80 Å². The van der Waals surface area contributed by atoms with Gasteiger partial charge in [-0.3, -0.25) is 0 Å². The maximum atomic E-state index is 4.37. The zero-order valence-electron chi connectivity index (χ0n) is 10.0. The first-order valence-corrected chi connectivity index (χ1v) is 5.94. The second kappa shape index (κ2) is 3.90. The molecule has 1 aliphatic carbocycles. The molecule has 2 heterocycles. The Morgan fingerprint density at radius 3 is 2.76 bits per heavy atom. The normalized spacial score (nSPS) is 15.4. The summed E-state index contributed by atoms with van der Waals surface area (Å²) in [5.41, 5.74) is 0. The van der Waals surface area contributed by atoms with Crippen LogP contribution in [0.5, 0.6) is 0 Å². The number of aromatic nitrogens is 7. The van der Waals surface area contributed by atoms with Crippen LogP contribution in [0.3, 0.4) is 0 Å². The Bertz CT molecular complexity index is 522. The minimum absolute atomic E-state index is 0.536. The van der Waals surface area contributed by atoms with E-state index in [1.807, 2.05) is 6.92 Å². The van der Waals surface area contributed by atoms with Gasteiger partial charge in [0.1, 0.15) is 12.4 Å².